The quantitative estimate of drug-likeness (QED) is 0.578. The number of benzene rings is 1. The smallest absolute Gasteiger partial charge is 0.409 e. The maximum atomic E-state index is 13.4. The Hall–Kier alpha value is -2.38. The maximum absolute atomic E-state index is 13.4. The molecule has 1 aromatic carbocycles. The van der Waals surface area contributed by atoms with Crippen molar-refractivity contribution in [3.8, 4) is 0 Å². The van der Waals surface area contributed by atoms with E-state index in [0.29, 0.717) is 37.7 Å². The molecule has 1 unspecified atom stereocenters. The SMILES string of the molecule is CCCOC(=O)N1CCN(C(=O)c2ccc3c(Cl)c4c(nc3c2)CC(CCN(C)C)CC4)[C@@H](C)C1. The molecule has 2 aromatic rings. The second-order valence-corrected chi connectivity index (χ2v) is 10.6. The van der Waals surface area contributed by atoms with Crippen LogP contribution in [-0.2, 0) is 17.6 Å². The topological polar surface area (TPSA) is 66.0 Å². The summed E-state index contributed by atoms with van der Waals surface area (Å²) in [7, 11) is 4.22. The fourth-order valence-electron chi connectivity index (χ4n) is 5.15. The van der Waals surface area contributed by atoms with Crippen LogP contribution in [0, 0.1) is 5.92 Å². The molecule has 35 heavy (non-hydrogen) atoms. The van der Waals surface area contributed by atoms with E-state index < -0.39 is 0 Å². The number of carbonyl (C=O) groups is 2. The Morgan fingerprint density at radius 2 is 2.06 bits per heavy atom. The molecule has 1 saturated heterocycles. The molecule has 2 aliphatic rings. The Balaban J connectivity index is 1.50. The lowest BCUT2D eigenvalue weighted by Crippen LogP contribution is -2.55. The van der Waals surface area contributed by atoms with E-state index in [4.69, 9.17) is 21.3 Å². The Morgan fingerprint density at radius 3 is 2.77 bits per heavy atom. The van der Waals surface area contributed by atoms with E-state index in [9.17, 15) is 9.59 Å². The number of rotatable bonds is 6. The number of hydrogen-bond acceptors (Lipinski definition) is 5. The molecule has 0 spiro atoms. The minimum atomic E-state index is -0.302. The largest absolute Gasteiger partial charge is 0.449 e. The summed E-state index contributed by atoms with van der Waals surface area (Å²) in [6.07, 6.45) is 4.67. The molecule has 2 heterocycles. The molecule has 2 amide bonds. The molecule has 0 radical (unpaired) electrons. The number of piperazine rings is 1. The van der Waals surface area contributed by atoms with Gasteiger partial charge in [0.15, 0.2) is 0 Å². The van der Waals surface area contributed by atoms with Crippen molar-refractivity contribution in [2.45, 2.75) is 52.0 Å². The van der Waals surface area contributed by atoms with Crippen LogP contribution in [-0.4, -0.2) is 84.6 Å². The Morgan fingerprint density at radius 1 is 1.26 bits per heavy atom. The van der Waals surface area contributed by atoms with Gasteiger partial charge < -0.3 is 19.4 Å². The maximum Gasteiger partial charge on any atom is 0.409 e. The zero-order valence-electron chi connectivity index (χ0n) is 21.3. The molecule has 0 N–H and O–H groups in total. The Labute approximate surface area is 213 Å². The average Bonchev–Trinajstić information content (AvgIpc) is 2.85. The molecule has 7 nitrogen and oxygen atoms in total. The Bertz CT molecular complexity index is 1090. The highest BCUT2D eigenvalue weighted by Gasteiger charge is 2.31. The van der Waals surface area contributed by atoms with Gasteiger partial charge in [0.05, 0.1) is 17.1 Å². The molecular formula is C27H37ClN4O3. The van der Waals surface area contributed by atoms with Crippen molar-refractivity contribution in [3.63, 3.8) is 0 Å². The molecule has 190 valence electrons. The van der Waals surface area contributed by atoms with Gasteiger partial charge in [-0.15, -0.1) is 0 Å². The third-order valence-corrected chi connectivity index (χ3v) is 7.63. The van der Waals surface area contributed by atoms with Crippen molar-refractivity contribution in [3.05, 3.63) is 40.0 Å². The second-order valence-electron chi connectivity index (χ2n) is 10.2. The van der Waals surface area contributed by atoms with Crippen LogP contribution in [0.4, 0.5) is 4.79 Å². The first-order chi connectivity index (χ1) is 16.8. The van der Waals surface area contributed by atoms with Gasteiger partial charge in [0.1, 0.15) is 0 Å². The van der Waals surface area contributed by atoms with Crippen molar-refractivity contribution in [2.75, 3.05) is 46.9 Å². The predicted octanol–water partition coefficient (Wildman–Crippen LogP) is 4.64. The molecular weight excluding hydrogens is 464 g/mol. The summed E-state index contributed by atoms with van der Waals surface area (Å²) >= 11 is 6.83. The van der Waals surface area contributed by atoms with Crippen LogP contribution in [0.2, 0.25) is 5.02 Å². The van der Waals surface area contributed by atoms with Crippen LogP contribution < -0.4 is 0 Å². The number of hydrogen-bond donors (Lipinski definition) is 0. The summed E-state index contributed by atoms with van der Waals surface area (Å²) in [5.41, 5.74) is 3.63. The first-order valence-electron chi connectivity index (χ1n) is 12.8. The zero-order valence-corrected chi connectivity index (χ0v) is 22.1. The van der Waals surface area contributed by atoms with Gasteiger partial charge in [0.2, 0.25) is 0 Å². The highest BCUT2D eigenvalue weighted by molar-refractivity contribution is 6.36. The molecule has 0 saturated carbocycles. The van der Waals surface area contributed by atoms with Gasteiger partial charge in [-0.2, -0.15) is 0 Å². The molecule has 0 bridgehead atoms. The number of ether oxygens (including phenoxy) is 1. The number of carbonyl (C=O) groups excluding carboxylic acids is 2. The van der Waals surface area contributed by atoms with Gasteiger partial charge in [-0.3, -0.25) is 9.78 Å². The number of halogens is 1. The monoisotopic (exact) mass is 500 g/mol. The van der Waals surface area contributed by atoms with E-state index >= 15 is 0 Å². The van der Waals surface area contributed by atoms with Crippen LogP contribution in [0.5, 0.6) is 0 Å². The van der Waals surface area contributed by atoms with E-state index in [1.807, 2.05) is 36.9 Å². The molecule has 1 aliphatic heterocycles. The lowest BCUT2D eigenvalue weighted by atomic mass is 9.84. The van der Waals surface area contributed by atoms with Gasteiger partial charge in [-0.25, -0.2) is 4.79 Å². The highest BCUT2D eigenvalue weighted by atomic mass is 35.5. The number of amides is 2. The summed E-state index contributed by atoms with van der Waals surface area (Å²) < 4.78 is 5.26. The molecule has 1 fully saturated rings. The first-order valence-corrected chi connectivity index (χ1v) is 13.1. The van der Waals surface area contributed by atoms with Gasteiger partial charge in [-0.05, 0) is 83.3 Å². The Kier molecular flexibility index (Phi) is 8.17. The van der Waals surface area contributed by atoms with Crippen LogP contribution in [0.3, 0.4) is 0 Å². The fraction of sp³-hybridized carbons (Fsp3) is 0.593. The standard InChI is InChI=1S/C27H37ClN4O3/c1-5-14-35-27(34)31-12-13-32(18(2)17-31)26(33)20-7-9-22-24(16-20)29-23-15-19(10-11-30(3)4)6-8-21(23)25(22)28/h7,9,16,18-19H,5-6,8,10-15,17H2,1-4H3/t18-,19?/m0/s1. The van der Waals surface area contributed by atoms with E-state index in [2.05, 4.69) is 19.0 Å². The van der Waals surface area contributed by atoms with Crippen LogP contribution >= 0.6 is 11.6 Å². The lowest BCUT2D eigenvalue weighted by molar-refractivity contribution is 0.0414. The molecule has 1 aliphatic carbocycles. The fourth-order valence-corrected chi connectivity index (χ4v) is 5.51. The summed E-state index contributed by atoms with van der Waals surface area (Å²) in [6, 6.07) is 5.56. The first kappa shape index (κ1) is 25.7. The third kappa shape index (κ3) is 5.72. The molecule has 1 aromatic heterocycles. The average molecular weight is 501 g/mol. The summed E-state index contributed by atoms with van der Waals surface area (Å²) in [4.78, 5) is 36.4. The van der Waals surface area contributed by atoms with Gasteiger partial charge in [0, 0.05) is 42.3 Å². The van der Waals surface area contributed by atoms with Crippen molar-refractivity contribution in [1.82, 2.24) is 19.7 Å². The van der Waals surface area contributed by atoms with Crippen molar-refractivity contribution < 1.29 is 14.3 Å². The molecule has 8 heteroatoms. The van der Waals surface area contributed by atoms with Gasteiger partial charge in [0.25, 0.3) is 5.91 Å². The molecule has 2 atom stereocenters. The summed E-state index contributed by atoms with van der Waals surface area (Å²) in [5.74, 6) is 0.567. The predicted molar refractivity (Wildman–Crippen MR) is 139 cm³/mol. The lowest BCUT2D eigenvalue weighted by Gasteiger charge is -2.39. The normalized spacial score (nSPS) is 20.3. The van der Waals surface area contributed by atoms with Crippen molar-refractivity contribution >= 4 is 34.5 Å². The van der Waals surface area contributed by atoms with E-state index in [1.54, 1.807) is 4.90 Å². The van der Waals surface area contributed by atoms with Crippen molar-refractivity contribution in [1.29, 1.82) is 0 Å². The van der Waals surface area contributed by atoms with Crippen LogP contribution in [0.15, 0.2) is 18.2 Å². The van der Waals surface area contributed by atoms with Crippen LogP contribution in [0.1, 0.15) is 54.7 Å². The minimum Gasteiger partial charge on any atom is -0.449 e. The van der Waals surface area contributed by atoms with E-state index in [1.165, 1.54) is 5.56 Å². The number of fused-ring (bicyclic) bond motifs is 2. The van der Waals surface area contributed by atoms with Gasteiger partial charge >= 0.3 is 6.09 Å². The minimum absolute atomic E-state index is 0.0412. The number of nitrogens with zero attached hydrogens (tertiary/aromatic N) is 4. The van der Waals surface area contributed by atoms with E-state index in [0.717, 1.165) is 60.3 Å². The zero-order chi connectivity index (χ0) is 25.1. The van der Waals surface area contributed by atoms with E-state index in [-0.39, 0.29) is 18.0 Å². The third-order valence-electron chi connectivity index (χ3n) is 7.20. The highest BCUT2D eigenvalue weighted by Crippen LogP contribution is 2.36. The number of pyridine rings is 1. The van der Waals surface area contributed by atoms with Crippen molar-refractivity contribution in [2.24, 2.45) is 5.92 Å². The van der Waals surface area contributed by atoms with Crippen LogP contribution in [0.25, 0.3) is 10.9 Å². The van der Waals surface area contributed by atoms with Gasteiger partial charge in [-0.1, -0.05) is 24.6 Å². The summed E-state index contributed by atoms with van der Waals surface area (Å²) in [6.45, 7) is 6.84. The molecule has 4 rings (SSSR count). The summed E-state index contributed by atoms with van der Waals surface area (Å²) in [5, 5.41) is 1.69. The number of aromatic nitrogens is 1. The second kappa shape index (κ2) is 11.1.